The normalized spacial score (nSPS) is 40.6. The molecular weight excluding hydrogens is 388 g/mol. The highest BCUT2D eigenvalue weighted by molar-refractivity contribution is 5.97. The summed E-state index contributed by atoms with van der Waals surface area (Å²) in [6.07, 6.45) is 13.0. The van der Waals surface area contributed by atoms with E-state index in [1.165, 1.54) is 6.08 Å². The standard InChI is InChI=1S/C27H38O4/c1-7-8-9-10-11-12-22(28)31-26-18(4)14-20-19(13-16(2)24(20)29)25(30)17(3)15-21-23(26)27(21,5)6/h9-12,14-16,19-21,23-24,26,29H,7-8,13H2,1-6H3/b10-9-,12-11+,17-15+,18-14-/t16-,19?,20-,21-,23-,24+,26+/m0/s1. The van der Waals surface area contributed by atoms with Gasteiger partial charge in [0, 0.05) is 23.8 Å². The zero-order valence-electron chi connectivity index (χ0n) is 19.8. The number of fused-ring (bicyclic) bond motifs is 2. The number of Topliss-reactive ketones (excluding diaryl/α,β-unsaturated/α-hetero) is 1. The van der Waals surface area contributed by atoms with Crippen molar-refractivity contribution in [3.05, 3.63) is 47.6 Å². The largest absolute Gasteiger partial charge is 0.454 e. The highest BCUT2D eigenvalue weighted by atomic mass is 16.5. The second-order valence-corrected chi connectivity index (χ2v) is 10.3. The predicted molar refractivity (Wildman–Crippen MR) is 123 cm³/mol. The number of ether oxygens (including phenoxy) is 1. The van der Waals surface area contributed by atoms with Gasteiger partial charge in [-0.1, -0.05) is 64.5 Å². The lowest BCUT2D eigenvalue weighted by atomic mass is 9.84. The third-order valence-corrected chi connectivity index (χ3v) is 7.63. The maximum atomic E-state index is 13.2. The molecule has 0 aromatic carbocycles. The van der Waals surface area contributed by atoms with Crippen molar-refractivity contribution in [2.75, 3.05) is 0 Å². The fraction of sp³-hybridized carbons (Fsp3) is 0.630. The second-order valence-electron chi connectivity index (χ2n) is 10.3. The summed E-state index contributed by atoms with van der Waals surface area (Å²) in [4.78, 5) is 25.7. The third kappa shape index (κ3) is 4.79. The van der Waals surface area contributed by atoms with Crippen molar-refractivity contribution in [3.8, 4) is 0 Å². The molecule has 4 nitrogen and oxygen atoms in total. The zero-order valence-corrected chi connectivity index (χ0v) is 19.8. The molecular formula is C27H38O4. The van der Waals surface area contributed by atoms with E-state index < -0.39 is 6.10 Å². The molecule has 1 unspecified atom stereocenters. The van der Waals surface area contributed by atoms with Crippen LogP contribution in [0.3, 0.4) is 0 Å². The Balaban J connectivity index is 1.91. The van der Waals surface area contributed by atoms with E-state index in [0.717, 1.165) is 24.0 Å². The smallest absolute Gasteiger partial charge is 0.331 e. The molecule has 0 bridgehead atoms. The number of aliphatic hydroxyl groups excluding tert-OH is 1. The number of rotatable bonds is 5. The van der Waals surface area contributed by atoms with E-state index in [1.54, 1.807) is 6.08 Å². The topological polar surface area (TPSA) is 63.6 Å². The van der Waals surface area contributed by atoms with E-state index in [0.29, 0.717) is 6.42 Å². The molecule has 170 valence electrons. The van der Waals surface area contributed by atoms with Gasteiger partial charge in [0.05, 0.1) is 6.10 Å². The molecule has 0 amide bonds. The Morgan fingerprint density at radius 3 is 2.65 bits per heavy atom. The molecule has 2 saturated carbocycles. The van der Waals surface area contributed by atoms with Gasteiger partial charge in [-0.05, 0) is 55.1 Å². The highest BCUT2D eigenvalue weighted by Gasteiger charge is 2.62. The summed E-state index contributed by atoms with van der Waals surface area (Å²) in [5.74, 6) is -0.283. The number of aliphatic hydroxyl groups is 1. The Bertz CT molecular complexity index is 828. The Hall–Kier alpha value is -1.94. The average molecular weight is 427 g/mol. The van der Waals surface area contributed by atoms with E-state index in [1.807, 2.05) is 39.0 Å². The first-order chi connectivity index (χ1) is 14.6. The minimum Gasteiger partial charge on any atom is -0.454 e. The number of allylic oxidation sites excluding steroid dienone is 5. The first-order valence-corrected chi connectivity index (χ1v) is 11.7. The molecule has 0 spiro atoms. The van der Waals surface area contributed by atoms with Gasteiger partial charge in [0.25, 0.3) is 0 Å². The molecule has 0 aromatic heterocycles. The van der Waals surface area contributed by atoms with Crippen LogP contribution in [0.1, 0.15) is 60.8 Å². The van der Waals surface area contributed by atoms with Crippen LogP contribution in [0.15, 0.2) is 47.6 Å². The molecule has 0 heterocycles. The molecule has 0 saturated heterocycles. The molecule has 0 aliphatic heterocycles. The minimum atomic E-state index is -0.556. The van der Waals surface area contributed by atoms with Crippen LogP contribution in [-0.2, 0) is 14.3 Å². The molecule has 0 aromatic rings. The van der Waals surface area contributed by atoms with Crippen LogP contribution >= 0.6 is 0 Å². The van der Waals surface area contributed by atoms with E-state index in [2.05, 4.69) is 26.8 Å². The van der Waals surface area contributed by atoms with Gasteiger partial charge in [0.2, 0.25) is 0 Å². The average Bonchev–Trinajstić information content (AvgIpc) is 3.12. The fourth-order valence-electron chi connectivity index (χ4n) is 5.56. The molecule has 7 atom stereocenters. The van der Waals surface area contributed by atoms with Crippen molar-refractivity contribution in [1.82, 2.24) is 0 Å². The van der Waals surface area contributed by atoms with Crippen LogP contribution < -0.4 is 0 Å². The number of esters is 1. The van der Waals surface area contributed by atoms with E-state index >= 15 is 0 Å². The van der Waals surface area contributed by atoms with Crippen LogP contribution in [0, 0.1) is 35.0 Å². The molecule has 31 heavy (non-hydrogen) atoms. The molecule has 0 radical (unpaired) electrons. The van der Waals surface area contributed by atoms with Crippen molar-refractivity contribution in [2.45, 2.75) is 73.0 Å². The summed E-state index contributed by atoms with van der Waals surface area (Å²) in [5.41, 5.74) is 1.65. The summed E-state index contributed by atoms with van der Waals surface area (Å²) in [6.45, 7) is 12.3. The lowest BCUT2D eigenvalue weighted by molar-refractivity contribution is -0.142. The molecule has 1 N–H and O–H groups in total. The van der Waals surface area contributed by atoms with Crippen molar-refractivity contribution in [1.29, 1.82) is 0 Å². The van der Waals surface area contributed by atoms with Crippen molar-refractivity contribution in [3.63, 3.8) is 0 Å². The summed E-state index contributed by atoms with van der Waals surface area (Å²) >= 11 is 0. The first-order valence-electron chi connectivity index (χ1n) is 11.7. The molecule has 3 rings (SSSR count). The molecule has 3 aliphatic rings. The fourth-order valence-corrected chi connectivity index (χ4v) is 5.56. The van der Waals surface area contributed by atoms with Crippen LogP contribution in [-0.4, -0.2) is 29.1 Å². The maximum absolute atomic E-state index is 13.2. The van der Waals surface area contributed by atoms with Gasteiger partial charge in [0.1, 0.15) is 6.10 Å². The van der Waals surface area contributed by atoms with Crippen LogP contribution in [0.2, 0.25) is 0 Å². The maximum Gasteiger partial charge on any atom is 0.331 e. The van der Waals surface area contributed by atoms with Crippen LogP contribution in [0.5, 0.6) is 0 Å². The first kappa shape index (κ1) is 23.7. The number of hydrogen-bond acceptors (Lipinski definition) is 4. The third-order valence-electron chi connectivity index (χ3n) is 7.63. The van der Waals surface area contributed by atoms with Gasteiger partial charge in [0.15, 0.2) is 5.78 Å². The van der Waals surface area contributed by atoms with E-state index in [4.69, 9.17) is 4.74 Å². The minimum absolute atomic E-state index is 0.0578. The summed E-state index contributed by atoms with van der Waals surface area (Å²) in [6, 6.07) is 0. The lowest BCUT2D eigenvalue weighted by Crippen LogP contribution is -2.29. The Morgan fingerprint density at radius 2 is 1.97 bits per heavy atom. The number of carbonyl (C=O) groups excluding carboxylic acids is 2. The van der Waals surface area contributed by atoms with Gasteiger partial charge in [-0.25, -0.2) is 4.79 Å². The van der Waals surface area contributed by atoms with Crippen molar-refractivity contribution >= 4 is 11.8 Å². The van der Waals surface area contributed by atoms with Gasteiger partial charge in [-0.3, -0.25) is 4.79 Å². The van der Waals surface area contributed by atoms with Gasteiger partial charge in [-0.2, -0.15) is 0 Å². The van der Waals surface area contributed by atoms with Crippen LogP contribution in [0.4, 0.5) is 0 Å². The monoisotopic (exact) mass is 426 g/mol. The number of unbranched alkanes of at least 4 members (excludes halogenated alkanes) is 1. The lowest BCUT2D eigenvalue weighted by Gasteiger charge is -2.25. The summed E-state index contributed by atoms with van der Waals surface area (Å²) in [7, 11) is 0. The van der Waals surface area contributed by atoms with Gasteiger partial charge in [-0.15, -0.1) is 0 Å². The van der Waals surface area contributed by atoms with E-state index in [9.17, 15) is 14.7 Å². The van der Waals surface area contributed by atoms with Crippen molar-refractivity contribution < 1.29 is 19.4 Å². The van der Waals surface area contributed by atoms with E-state index in [-0.39, 0.29) is 52.9 Å². The summed E-state index contributed by atoms with van der Waals surface area (Å²) < 4.78 is 5.98. The Labute approximate surface area is 187 Å². The number of carbonyl (C=O) groups is 2. The number of ketones is 1. The second kappa shape index (κ2) is 9.28. The van der Waals surface area contributed by atoms with Gasteiger partial charge >= 0.3 is 5.97 Å². The van der Waals surface area contributed by atoms with Crippen LogP contribution in [0.25, 0.3) is 0 Å². The van der Waals surface area contributed by atoms with Crippen molar-refractivity contribution in [2.24, 2.45) is 35.0 Å². The zero-order chi connectivity index (χ0) is 22.9. The van der Waals surface area contributed by atoms with Gasteiger partial charge < -0.3 is 9.84 Å². The Morgan fingerprint density at radius 1 is 1.26 bits per heavy atom. The molecule has 3 aliphatic carbocycles. The quantitative estimate of drug-likeness (QED) is 0.284. The Kier molecular flexibility index (Phi) is 7.10. The summed E-state index contributed by atoms with van der Waals surface area (Å²) in [5, 5.41) is 10.8. The predicted octanol–water partition coefficient (Wildman–Crippen LogP) is 5.19. The number of hydrogen-bond donors (Lipinski definition) is 1. The SMILES string of the molecule is CCC/C=C\C=C\C(=O)O[C@@H]1/C(C)=C\[C@H]2C(C[C@H](C)[C@H]2O)C(=O)/C(C)=C/[C@H]2[C@@H]1C2(C)C. The highest BCUT2D eigenvalue weighted by Crippen LogP contribution is 2.63. The molecule has 2 fully saturated rings. The molecule has 4 heteroatoms.